The Morgan fingerprint density at radius 3 is 2.78 bits per heavy atom. The molecular formula is C18H22N4O4S. The van der Waals surface area contributed by atoms with Crippen molar-refractivity contribution in [1.82, 2.24) is 19.0 Å². The summed E-state index contributed by atoms with van der Waals surface area (Å²) < 4.78 is 35.5. The lowest BCUT2D eigenvalue weighted by Crippen LogP contribution is -2.45. The summed E-state index contributed by atoms with van der Waals surface area (Å²) in [5, 5.41) is 4.17. The highest BCUT2D eigenvalue weighted by molar-refractivity contribution is 7.89. The van der Waals surface area contributed by atoms with Gasteiger partial charge in [-0.15, -0.1) is 0 Å². The molecule has 2 bridgehead atoms. The van der Waals surface area contributed by atoms with Crippen molar-refractivity contribution in [1.29, 1.82) is 0 Å². The van der Waals surface area contributed by atoms with Crippen LogP contribution in [0.2, 0.25) is 0 Å². The van der Waals surface area contributed by atoms with Gasteiger partial charge in [0.25, 0.3) is 0 Å². The highest BCUT2D eigenvalue weighted by Crippen LogP contribution is 2.28. The Hall–Kier alpha value is -2.23. The zero-order valence-electron chi connectivity index (χ0n) is 15.3. The lowest BCUT2D eigenvalue weighted by molar-refractivity contribution is -0.133. The third-order valence-corrected chi connectivity index (χ3v) is 7.24. The molecule has 27 heavy (non-hydrogen) atoms. The number of hydrogen-bond acceptors (Lipinski definition) is 5. The highest BCUT2D eigenvalue weighted by Gasteiger charge is 2.41. The van der Waals surface area contributed by atoms with Crippen LogP contribution >= 0.6 is 0 Å². The Balaban J connectivity index is 1.73. The van der Waals surface area contributed by atoms with Crippen LogP contribution in [0.4, 0.5) is 0 Å². The van der Waals surface area contributed by atoms with Gasteiger partial charge in [0, 0.05) is 32.5 Å². The van der Waals surface area contributed by atoms with E-state index in [4.69, 9.17) is 4.74 Å². The molecule has 2 atom stereocenters. The standard InChI is InChI=1S/C18H22N4O4S/c1-13-4-5-15(22-7-3-6-19-22)8-17(13)27(24,25)21-9-14-11-26-12-16(10-21)20(2)18(14)23/h3-8,14,16H,9-12H2,1-2H3/t14-,16+/m1/s1. The summed E-state index contributed by atoms with van der Waals surface area (Å²) in [7, 11) is -2.04. The summed E-state index contributed by atoms with van der Waals surface area (Å²) in [6.07, 6.45) is 3.41. The number of ether oxygens (including phenoxy) is 1. The van der Waals surface area contributed by atoms with Crippen LogP contribution < -0.4 is 0 Å². The lowest BCUT2D eigenvalue weighted by atomic mass is 10.1. The molecule has 2 fully saturated rings. The van der Waals surface area contributed by atoms with E-state index >= 15 is 0 Å². The first-order chi connectivity index (χ1) is 12.9. The Bertz CT molecular complexity index is 958. The van der Waals surface area contributed by atoms with E-state index in [1.54, 1.807) is 54.1 Å². The van der Waals surface area contributed by atoms with Crippen LogP contribution in [0.5, 0.6) is 0 Å². The SMILES string of the molecule is Cc1ccc(-n2cccn2)cc1S(=O)(=O)N1C[C@@H]2COC[C@H](C1)N(C)C2=O. The van der Waals surface area contributed by atoms with Crippen molar-refractivity contribution in [2.45, 2.75) is 17.9 Å². The molecule has 2 aliphatic rings. The average Bonchev–Trinajstić information content (AvgIpc) is 3.08. The molecule has 1 aromatic heterocycles. The van der Waals surface area contributed by atoms with Gasteiger partial charge in [0.05, 0.1) is 35.8 Å². The largest absolute Gasteiger partial charge is 0.378 e. The van der Waals surface area contributed by atoms with Crippen molar-refractivity contribution in [3.63, 3.8) is 0 Å². The van der Waals surface area contributed by atoms with Crippen LogP contribution in [0, 0.1) is 12.8 Å². The van der Waals surface area contributed by atoms with Gasteiger partial charge in [-0.3, -0.25) is 4.79 Å². The fourth-order valence-electron chi connectivity index (χ4n) is 3.62. The van der Waals surface area contributed by atoms with Crippen LogP contribution in [0.25, 0.3) is 5.69 Å². The van der Waals surface area contributed by atoms with E-state index in [-0.39, 0.29) is 36.5 Å². The predicted molar refractivity (Wildman–Crippen MR) is 97.9 cm³/mol. The van der Waals surface area contributed by atoms with Gasteiger partial charge < -0.3 is 9.64 Å². The smallest absolute Gasteiger partial charge is 0.243 e. The second-order valence-electron chi connectivity index (χ2n) is 7.06. The number of aromatic nitrogens is 2. The number of carbonyl (C=O) groups is 1. The van der Waals surface area contributed by atoms with Crippen molar-refractivity contribution in [2.24, 2.45) is 5.92 Å². The first-order valence-corrected chi connectivity index (χ1v) is 10.3. The molecule has 0 spiro atoms. The minimum absolute atomic E-state index is 0.0581. The van der Waals surface area contributed by atoms with E-state index in [9.17, 15) is 13.2 Å². The van der Waals surface area contributed by atoms with Gasteiger partial charge in [0.15, 0.2) is 0 Å². The number of sulfonamides is 1. The Morgan fingerprint density at radius 2 is 2.04 bits per heavy atom. The summed E-state index contributed by atoms with van der Waals surface area (Å²) in [5.41, 5.74) is 1.34. The first-order valence-electron chi connectivity index (χ1n) is 8.83. The van der Waals surface area contributed by atoms with Crippen molar-refractivity contribution in [3.05, 3.63) is 42.2 Å². The van der Waals surface area contributed by atoms with Crippen molar-refractivity contribution in [3.8, 4) is 5.69 Å². The molecule has 1 amide bonds. The molecule has 3 heterocycles. The molecule has 2 aliphatic heterocycles. The highest BCUT2D eigenvalue weighted by atomic mass is 32.2. The van der Waals surface area contributed by atoms with Gasteiger partial charge in [-0.25, -0.2) is 13.1 Å². The number of nitrogens with zero attached hydrogens (tertiary/aromatic N) is 4. The van der Waals surface area contributed by atoms with E-state index in [1.165, 1.54) is 4.31 Å². The van der Waals surface area contributed by atoms with Crippen LogP contribution in [-0.4, -0.2) is 72.7 Å². The Morgan fingerprint density at radius 1 is 1.22 bits per heavy atom. The normalized spacial score (nSPS) is 24.1. The quantitative estimate of drug-likeness (QED) is 0.769. The van der Waals surface area contributed by atoms with E-state index in [0.29, 0.717) is 17.9 Å². The van der Waals surface area contributed by atoms with Gasteiger partial charge in [0.1, 0.15) is 0 Å². The molecule has 0 N–H and O–H groups in total. The van der Waals surface area contributed by atoms with Crippen molar-refractivity contribution < 1.29 is 17.9 Å². The molecule has 0 saturated carbocycles. The third-order valence-electron chi connectivity index (χ3n) is 5.27. The number of rotatable bonds is 3. The second kappa shape index (κ2) is 6.74. The maximum absolute atomic E-state index is 13.5. The molecule has 2 saturated heterocycles. The summed E-state index contributed by atoms with van der Waals surface area (Å²) >= 11 is 0. The zero-order valence-corrected chi connectivity index (χ0v) is 16.1. The molecule has 144 valence electrons. The van der Waals surface area contributed by atoms with Gasteiger partial charge >= 0.3 is 0 Å². The molecule has 9 heteroatoms. The maximum Gasteiger partial charge on any atom is 0.243 e. The van der Waals surface area contributed by atoms with Crippen LogP contribution in [0.1, 0.15) is 5.56 Å². The zero-order chi connectivity index (χ0) is 19.2. The number of hydrogen-bond donors (Lipinski definition) is 0. The number of aryl methyl sites for hydroxylation is 1. The minimum atomic E-state index is -3.76. The fraction of sp³-hybridized carbons (Fsp3) is 0.444. The summed E-state index contributed by atoms with van der Waals surface area (Å²) in [6, 6.07) is 6.76. The van der Waals surface area contributed by atoms with E-state index in [1.807, 2.05) is 6.07 Å². The van der Waals surface area contributed by atoms with Gasteiger partial charge in [-0.05, 0) is 30.7 Å². The minimum Gasteiger partial charge on any atom is -0.378 e. The molecule has 0 aliphatic carbocycles. The number of amides is 1. The molecule has 8 nitrogen and oxygen atoms in total. The van der Waals surface area contributed by atoms with E-state index in [0.717, 1.165) is 0 Å². The molecular weight excluding hydrogens is 368 g/mol. The van der Waals surface area contributed by atoms with Crippen LogP contribution in [0.15, 0.2) is 41.6 Å². The van der Waals surface area contributed by atoms with E-state index in [2.05, 4.69) is 5.10 Å². The number of carbonyl (C=O) groups excluding carboxylic acids is 1. The topological polar surface area (TPSA) is 84.7 Å². The Labute approximate surface area is 158 Å². The van der Waals surface area contributed by atoms with Gasteiger partial charge in [0.2, 0.25) is 15.9 Å². The fourth-order valence-corrected chi connectivity index (χ4v) is 5.39. The monoisotopic (exact) mass is 390 g/mol. The van der Waals surface area contributed by atoms with Crippen LogP contribution in [-0.2, 0) is 19.6 Å². The summed E-state index contributed by atoms with van der Waals surface area (Å²) in [5.74, 6) is -0.538. The van der Waals surface area contributed by atoms with Gasteiger partial charge in [-0.1, -0.05) is 6.07 Å². The number of likely N-dealkylation sites (N-methyl/N-ethyl adjacent to an activating group) is 1. The third kappa shape index (κ3) is 3.15. The van der Waals surface area contributed by atoms with Gasteiger partial charge in [-0.2, -0.15) is 9.40 Å². The first kappa shape index (κ1) is 18.1. The maximum atomic E-state index is 13.5. The van der Waals surface area contributed by atoms with Crippen molar-refractivity contribution in [2.75, 3.05) is 33.4 Å². The number of fused-ring (bicyclic) bond motifs is 3. The summed E-state index contributed by atoms with van der Waals surface area (Å²) in [4.78, 5) is 14.4. The number of benzene rings is 1. The van der Waals surface area contributed by atoms with Crippen molar-refractivity contribution >= 4 is 15.9 Å². The summed E-state index contributed by atoms with van der Waals surface area (Å²) in [6.45, 7) is 2.73. The molecule has 0 radical (unpaired) electrons. The predicted octanol–water partition coefficient (Wildman–Crippen LogP) is 0.658. The Kier molecular flexibility index (Phi) is 4.53. The van der Waals surface area contributed by atoms with Crippen LogP contribution in [0.3, 0.4) is 0 Å². The molecule has 2 aromatic rings. The molecule has 0 unspecified atom stereocenters. The average molecular weight is 390 g/mol. The molecule has 1 aromatic carbocycles. The lowest BCUT2D eigenvalue weighted by Gasteiger charge is -2.29. The second-order valence-corrected chi connectivity index (χ2v) is 8.97. The molecule has 4 rings (SSSR count). The van der Waals surface area contributed by atoms with E-state index < -0.39 is 15.9 Å².